The quantitative estimate of drug-likeness (QED) is 0.752. The molecule has 1 unspecified atom stereocenters. The summed E-state index contributed by atoms with van der Waals surface area (Å²) in [5.74, 6) is 0.150. The van der Waals surface area contributed by atoms with Gasteiger partial charge in [-0.25, -0.2) is 4.39 Å². The zero-order valence-corrected chi connectivity index (χ0v) is 16.5. The van der Waals surface area contributed by atoms with Crippen LogP contribution in [0, 0.1) is 5.82 Å². The van der Waals surface area contributed by atoms with E-state index in [1.807, 2.05) is 0 Å². The van der Waals surface area contributed by atoms with Crippen LogP contribution >= 0.6 is 23.2 Å². The number of hydrogen-bond acceptors (Lipinski definition) is 3. The van der Waals surface area contributed by atoms with Gasteiger partial charge in [0.15, 0.2) is 0 Å². The molecule has 7 heteroatoms. The summed E-state index contributed by atoms with van der Waals surface area (Å²) in [6.45, 7) is 1.80. The molecule has 0 bridgehead atoms. The summed E-state index contributed by atoms with van der Waals surface area (Å²) in [4.78, 5) is 0.545. The molecule has 140 valence electrons. The Morgan fingerprint density at radius 3 is 2.50 bits per heavy atom. The van der Waals surface area contributed by atoms with Crippen molar-refractivity contribution in [2.24, 2.45) is 0 Å². The zero-order valence-electron chi connectivity index (χ0n) is 14.1. The van der Waals surface area contributed by atoms with Gasteiger partial charge in [-0.3, -0.25) is 4.21 Å². The van der Waals surface area contributed by atoms with Crippen molar-refractivity contribution < 1.29 is 13.3 Å². The summed E-state index contributed by atoms with van der Waals surface area (Å²) in [6.07, 6.45) is 1.56. The van der Waals surface area contributed by atoms with E-state index in [0.717, 1.165) is 18.4 Å². The summed E-state index contributed by atoms with van der Waals surface area (Å²) in [5, 5.41) is 4.50. The van der Waals surface area contributed by atoms with Gasteiger partial charge in [0.05, 0.1) is 20.7 Å². The first-order chi connectivity index (χ1) is 12.5. The van der Waals surface area contributed by atoms with Crippen LogP contribution in [0.25, 0.3) is 0 Å². The SMILES string of the molecule is O=S(CCNC1(c2ccc(F)cc2)CCOCC1)c1cc(Cl)ccc1Cl. The van der Waals surface area contributed by atoms with Gasteiger partial charge in [-0.1, -0.05) is 35.3 Å². The molecule has 1 atom stereocenters. The molecule has 0 aliphatic carbocycles. The van der Waals surface area contributed by atoms with E-state index in [1.165, 1.54) is 12.1 Å². The lowest BCUT2D eigenvalue weighted by Crippen LogP contribution is -2.48. The first-order valence-corrected chi connectivity index (χ1v) is 10.5. The molecule has 2 aromatic carbocycles. The van der Waals surface area contributed by atoms with Crippen LogP contribution in [-0.2, 0) is 21.1 Å². The fourth-order valence-corrected chi connectivity index (χ4v) is 4.86. The number of benzene rings is 2. The third kappa shape index (κ3) is 4.65. The molecule has 0 radical (unpaired) electrons. The van der Waals surface area contributed by atoms with E-state index in [9.17, 15) is 8.60 Å². The third-order valence-corrected chi connectivity index (χ3v) is 6.71. The second kappa shape index (κ2) is 8.81. The van der Waals surface area contributed by atoms with Crippen molar-refractivity contribution in [1.29, 1.82) is 0 Å². The Kier molecular flexibility index (Phi) is 6.70. The van der Waals surface area contributed by atoms with Crippen LogP contribution in [0.3, 0.4) is 0 Å². The third-order valence-electron chi connectivity index (χ3n) is 4.63. The highest BCUT2D eigenvalue weighted by atomic mass is 35.5. The Hall–Kier alpha value is -0.980. The molecule has 3 nitrogen and oxygen atoms in total. The van der Waals surface area contributed by atoms with Gasteiger partial charge >= 0.3 is 0 Å². The molecule has 2 aromatic rings. The minimum Gasteiger partial charge on any atom is -0.381 e. The monoisotopic (exact) mass is 415 g/mol. The molecule has 1 heterocycles. The zero-order chi connectivity index (χ0) is 18.6. The van der Waals surface area contributed by atoms with E-state index in [4.69, 9.17) is 27.9 Å². The highest BCUT2D eigenvalue weighted by Crippen LogP contribution is 2.32. The lowest BCUT2D eigenvalue weighted by atomic mass is 9.82. The van der Waals surface area contributed by atoms with E-state index in [2.05, 4.69) is 5.32 Å². The van der Waals surface area contributed by atoms with Gasteiger partial charge in [-0.2, -0.15) is 0 Å². The van der Waals surface area contributed by atoms with Crippen molar-refractivity contribution in [3.8, 4) is 0 Å². The first kappa shape index (κ1) is 19.8. The summed E-state index contributed by atoms with van der Waals surface area (Å²) in [6, 6.07) is 11.5. The molecule has 0 aromatic heterocycles. The van der Waals surface area contributed by atoms with Crippen LogP contribution in [0.2, 0.25) is 10.0 Å². The predicted molar refractivity (Wildman–Crippen MR) is 104 cm³/mol. The lowest BCUT2D eigenvalue weighted by Gasteiger charge is -2.39. The van der Waals surface area contributed by atoms with Gasteiger partial charge in [0.2, 0.25) is 0 Å². The lowest BCUT2D eigenvalue weighted by molar-refractivity contribution is 0.0375. The number of nitrogens with one attached hydrogen (secondary N) is 1. The van der Waals surface area contributed by atoms with E-state index in [0.29, 0.717) is 40.5 Å². The minimum atomic E-state index is -1.26. The van der Waals surface area contributed by atoms with Crippen LogP contribution in [-0.4, -0.2) is 29.7 Å². The molecule has 1 N–H and O–H groups in total. The van der Waals surface area contributed by atoms with Crippen molar-refractivity contribution in [3.63, 3.8) is 0 Å². The van der Waals surface area contributed by atoms with E-state index >= 15 is 0 Å². The van der Waals surface area contributed by atoms with Crippen molar-refractivity contribution in [2.75, 3.05) is 25.5 Å². The molecule has 1 fully saturated rings. The molecule has 0 saturated carbocycles. The molecular formula is C19H20Cl2FNO2S. The summed E-state index contributed by atoms with van der Waals surface area (Å²) >= 11 is 12.1. The summed E-state index contributed by atoms with van der Waals surface area (Å²) in [7, 11) is -1.26. The van der Waals surface area contributed by atoms with Crippen LogP contribution in [0.5, 0.6) is 0 Å². The second-order valence-corrected chi connectivity index (χ2v) is 8.64. The molecule has 3 rings (SSSR count). The Bertz CT molecular complexity index is 780. The average Bonchev–Trinajstić information content (AvgIpc) is 2.65. The summed E-state index contributed by atoms with van der Waals surface area (Å²) in [5.41, 5.74) is 0.725. The number of hydrogen-bond donors (Lipinski definition) is 1. The van der Waals surface area contributed by atoms with Crippen molar-refractivity contribution in [3.05, 3.63) is 63.9 Å². The molecular weight excluding hydrogens is 396 g/mol. The summed E-state index contributed by atoms with van der Waals surface area (Å²) < 4.78 is 31.4. The number of rotatable bonds is 6. The van der Waals surface area contributed by atoms with Gasteiger partial charge in [0, 0.05) is 36.1 Å². The number of halogens is 3. The van der Waals surface area contributed by atoms with Crippen LogP contribution in [0.4, 0.5) is 4.39 Å². The molecule has 0 spiro atoms. The maximum absolute atomic E-state index is 13.3. The van der Waals surface area contributed by atoms with Crippen molar-refractivity contribution >= 4 is 34.0 Å². The van der Waals surface area contributed by atoms with Crippen molar-refractivity contribution in [2.45, 2.75) is 23.3 Å². The van der Waals surface area contributed by atoms with Gasteiger partial charge in [0.25, 0.3) is 0 Å². The van der Waals surface area contributed by atoms with Crippen LogP contribution in [0.15, 0.2) is 47.4 Å². The van der Waals surface area contributed by atoms with E-state index in [1.54, 1.807) is 30.3 Å². The smallest absolute Gasteiger partial charge is 0.123 e. The van der Waals surface area contributed by atoms with Crippen LogP contribution < -0.4 is 5.32 Å². The highest BCUT2D eigenvalue weighted by molar-refractivity contribution is 7.85. The fraction of sp³-hybridized carbons (Fsp3) is 0.368. The Balaban J connectivity index is 1.69. The minimum absolute atomic E-state index is 0.257. The second-order valence-electron chi connectivity index (χ2n) is 6.25. The van der Waals surface area contributed by atoms with Gasteiger partial charge in [-0.15, -0.1) is 0 Å². The molecule has 1 saturated heterocycles. The van der Waals surface area contributed by atoms with E-state index in [-0.39, 0.29) is 11.4 Å². The molecule has 1 aliphatic rings. The average molecular weight is 416 g/mol. The maximum atomic E-state index is 13.3. The Morgan fingerprint density at radius 1 is 1.12 bits per heavy atom. The standard InChI is InChI=1S/C19H20Cl2FNO2S/c20-15-3-6-17(21)18(13-15)26(24)12-9-23-19(7-10-25-11-8-19)14-1-4-16(22)5-2-14/h1-6,13,23H,7-12H2. The highest BCUT2D eigenvalue weighted by Gasteiger charge is 2.33. The van der Waals surface area contributed by atoms with Gasteiger partial charge < -0.3 is 10.1 Å². The Morgan fingerprint density at radius 2 is 1.81 bits per heavy atom. The number of ether oxygens (including phenoxy) is 1. The maximum Gasteiger partial charge on any atom is 0.123 e. The normalized spacial score (nSPS) is 17.8. The predicted octanol–water partition coefficient (Wildman–Crippen LogP) is 4.54. The molecule has 26 heavy (non-hydrogen) atoms. The van der Waals surface area contributed by atoms with Crippen molar-refractivity contribution in [1.82, 2.24) is 5.32 Å². The Labute approximate surface area is 165 Å². The topological polar surface area (TPSA) is 38.3 Å². The fourth-order valence-electron chi connectivity index (χ4n) is 3.20. The van der Waals surface area contributed by atoms with Gasteiger partial charge in [0.1, 0.15) is 5.82 Å². The van der Waals surface area contributed by atoms with E-state index < -0.39 is 10.8 Å². The van der Waals surface area contributed by atoms with Gasteiger partial charge in [-0.05, 0) is 48.7 Å². The molecule has 0 amide bonds. The van der Waals surface area contributed by atoms with Crippen LogP contribution in [0.1, 0.15) is 18.4 Å². The molecule has 1 aliphatic heterocycles. The largest absolute Gasteiger partial charge is 0.381 e. The first-order valence-electron chi connectivity index (χ1n) is 8.42.